The molecule has 12 nitrogen and oxygen atoms in total. The van der Waals surface area contributed by atoms with Crippen LogP contribution >= 0.6 is 14.7 Å². The second-order valence-electron chi connectivity index (χ2n) is 30.0. The van der Waals surface area contributed by atoms with Gasteiger partial charge >= 0.3 is 14.7 Å². The van der Waals surface area contributed by atoms with Crippen molar-refractivity contribution in [3.63, 3.8) is 0 Å². The summed E-state index contributed by atoms with van der Waals surface area (Å²) in [6, 6.07) is 86.9. The third-order valence-corrected chi connectivity index (χ3v) is 27.0. The monoisotopic (exact) mass is 1580 g/mol. The number of fused-ring (bicyclic) bond motifs is 6. The topological polar surface area (TPSA) is 126 Å². The van der Waals surface area contributed by atoms with Gasteiger partial charge in [0.25, 0.3) is 0 Å². The third-order valence-electron chi connectivity index (χ3n) is 22.1. The van der Waals surface area contributed by atoms with Crippen molar-refractivity contribution in [3.8, 4) is 114 Å². The maximum atomic E-state index is 15.7. The Balaban J connectivity index is 0.547. The number of para-hydroxylation sites is 2. The summed E-state index contributed by atoms with van der Waals surface area (Å²) in [5, 5.41) is 1.97. The molecule has 2 atom stereocenters. The Labute approximate surface area is 685 Å². The zero-order valence-electron chi connectivity index (χ0n) is 67.3. The van der Waals surface area contributed by atoms with Gasteiger partial charge in [0.2, 0.25) is 6.79 Å². The Morgan fingerprint density at radius 2 is 0.632 bits per heavy atom. The molecule has 16 rings (SSSR count). The summed E-state index contributed by atoms with van der Waals surface area (Å²) in [5.41, 5.74) is 23.9. The number of hydrogen-bond donors (Lipinski definition) is 0. The molecule has 584 valence electrons. The molecule has 0 spiro atoms. The van der Waals surface area contributed by atoms with Gasteiger partial charge in [0.05, 0.1) is 21.2 Å². The Bertz CT molecular complexity index is 6240. The molecule has 0 fully saturated rings. The number of rotatable bonds is 26. The molecule has 14 aromatic carbocycles. The van der Waals surface area contributed by atoms with Crippen molar-refractivity contribution >= 4 is 48.1 Å². The van der Waals surface area contributed by atoms with E-state index in [2.05, 4.69) is 141 Å². The zero-order valence-corrected chi connectivity index (χ0v) is 69.1. The van der Waals surface area contributed by atoms with Crippen LogP contribution in [0.15, 0.2) is 280 Å². The van der Waals surface area contributed by atoms with Crippen molar-refractivity contribution in [1.82, 2.24) is 0 Å². The first kappa shape index (κ1) is 77.9. The van der Waals surface area contributed by atoms with Crippen LogP contribution in [-0.4, -0.2) is 6.79 Å². The molecular formula is C103H90O12P2. The third kappa shape index (κ3) is 15.9. The molecule has 0 saturated heterocycles. The molecule has 0 aliphatic carbocycles. The fourth-order valence-electron chi connectivity index (χ4n) is 15.6. The van der Waals surface area contributed by atoms with E-state index in [9.17, 15) is 0 Å². The Morgan fingerprint density at radius 1 is 0.291 bits per heavy atom. The van der Waals surface area contributed by atoms with E-state index in [0.29, 0.717) is 80.4 Å². The Morgan fingerprint density at radius 3 is 1.04 bits per heavy atom. The minimum atomic E-state index is -3.83. The molecule has 2 heterocycles. The molecule has 14 aromatic rings. The van der Waals surface area contributed by atoms with Gasteiger partial charge < -0.3 is 46.9 Å². The van der Waals surface area contributed by atoms with Crippen molar-refractivity contribution in [3.05, 3.63) is 369 Å². The molecule has 2 aliphatic heterocycles. The van der Waals surface area contributed by atoms with Gasteiger partial charge in [0, 0.05) is 11.1 Å². The van der Waals surface area contributed by atoms with Crippen molar-refractivity contribution in [2.24, 2.45) is 0 Å². The predicted octanol–water partition coefficient (Wildman–Crippen LogP) is 25.3. The highest BCUT2D eigenvalue weighted by Gasteiger charge is 2.42. The maximum absolute atomic E-state index is 15.7. The lowest BCUT2D eigenvalue weighted by atomic mass is 9.88. The number of aryl methyl sites for hydroxylation is 6. The summed E-state index contributed by atoms with van der Waals surface area (Å²) in [4.78, 5) is 0. The SMILES string of the molecule is C=Cc1ccc(COc2ccc(OCOc3c(C)cc(Oc4c(C)cc(-c5cc(C)c(Oc6cc(C)c(OCc7ccc(-c8ccc(COc9ccc(OCc%10ccc(C=C)cc%10)c(P%10(=O)Oc%11ccccc%11-c%11ccccc%11%10)c9)cc8)cc7)c(C)c6)c(C)c5C)c(C)c4C)cc3C)c(P3(=O)Oc4ccccc4-c4ccccc43)c2)cc1. The van der Waals surface area contributed by atoms with E-state index in [4.69, 9.17) is 46.9 Å². The summed E-state index contributed by atoms with van der Waals surface area (Å²) in [6.07, 6.45) is 3.61. The minimum absolute atomic E-state index is 0.180. The lowest BCUT2D eigenvalue weighted by molar-refractivity contribution is 0.119. The normalized spacial score (nSPS) is 14.2. The summed E-state index contributed by atoms with van der Waals surface area (Å²) in [6.45, 7) is 29.7. The molecule has 2 unspecified atom stereocenters. The highest BCUT2D eigenvalue weighted by molar-refractivity contribution is 7.75. The molecule has 0 aromatic heterocycles. The smallest absolute Gasteiger partial charge is 0.311 e. The average molecular weight is 1580 g/mol. The van der Waals surface area contributed by atoms with Gasteiger partial charge in [0.1, 0.15) is 95.4 Å². The van der Waals surface area contributed by atoms with E-state index in [1.165, 1.54) is 0 Å². The van der Waals surface area contributed by atoms with Gasteiger partial charge in [-0.2, -0.15) is 0 Å². The second-order valence-corrected chi connectivity index (χ2v) is 34.5. The molecule has 0 amide bonds. The van der Waals surface area contributed by atoms with Crippen molar-refractivity contribution < 1.29 is 56.1 Å². The van der Waals surface area contributed by atoms with E-state index in [1.807, 2.05) is 190 Å². The van der Waals surface area contributed by atoms with Gasteiger partial charge in [-0.1, -0.05) is 195 Å². The molecular weight excluding hydrogens is 1490 g/mol. The summed E-state index contributed by atoms with van der Waals surface area (Å²) in [7, 11) is -7.57. The standard InChI is InChI=1S/C103H90O12P2/c1-13-74-31-35-76(36-32-74)59-106-83-48-50-95(99(58-83)117(105)97-30-22-18-26-89(97)87-24-16-20-28-93(87)115-117)110-63-111-101-66(5)53-85(54-67(101)6)113-103-69(8)56-91(71(10)73(103)12)90-55-68(7)102(72(11)70(90)9)112-84-51-64(3)100(65(4)52-84)109-62-79-41-45-81(46-42-79)80-43-39-78(40-44-80)60-107-82-47-49-94(108-61-77-37-33-75(14-2)34-38-77)98(57-82)116(104)96-29-21-17-25-88(96)86-23-15-19-27-92(86)114-116/h13-58H,1-2,59-63H2,3-12H3. The molecule has 0 saturated carbocycles. The first-order valence-corrected chi connectivity index (χ1v) is 42.4. The van der Waals surface area contributed by atoms with Gasteiger partial charge in [-0.05, 0) is 289 Å². The maximum Gasteiger partial charge on any atom is 0.311 e. The van der Waals surface area contributed by atoms with Crippen LogP contribution in [-0.2, 0) is 35.6 Å². The lowest BCUT2D eigenvalue weighted by Crippen LogP contribution is -2.27. The van der Waals surface area contributed by atoms with E-state index < -0.39 is 14.7 Å². The van der Waals surface area contributed by atoms with Crippen LogP contribution < -0.4 is 68.2 Å². The summed E-state index contributed by atoms with van der Waals surface area (Å²) >= 11 is 0. The first-order valence-electron chi connectivity index (χ1n) is 39.1. The summed E-state index contributed by atoms with van der Waals surface area (Å²) in [5.74, 6) is 7.44. The molecule has 117 heavy (non-hydrogen) atoms. The number of benzene rings is 14. The van der Waals surface area contributed by atoms with E-state index in [0.717, 1.165) is 157 Å². The van der Waals surface area contributed by atoms with Crippen LogP contribution in [0.2, 0.25) is 0 Å². The van der Waals surface area contributed by atoms with Crippen molar-refractivity contribution in [2.45, 2.75) is 95.7 Å². The Kier molecular flexibility index (Phi) is 22.0. The highest BCUT2D eigenvalue weighted by Crippen LogP contribution is 2.58. The van der Waals surface area contributed by atoms with Crippen molar-refractivity contribution in [2.75, 3.05) is 6.79 Å². The minimum Gasteiger partial charge on any atom is -0.489 e. The lowest BCUT2D eigenvalue weighted by Gasteiger charge is -2.30. The average Bonchev–Trinajstić information content (AvgIpc) is 0.735. The predicted molar refractivity (Wildman–Crippen MR) is 472 cm³/mol. The van der Waals surface area contributed by atoms with E-state index in [1.54, 1.807) is 30.4 Å². The zero-order chi connectivity index (χ0) is 81.2. The molecule has 0 bridgehead atoms. The first-order chi connectivity index (χ1) is 56.7. The number of hydrogen-bond acceptors (Lipinski definition) is 12. The summed E-state index contributed by atoms with van der Waals surface area (Å²) < 4.78 is 96.9. The molecule has 0 radical (unpaired) electrons. The van der Waals surface area contributed by atoms with E-state index >= 15 is 9.13 Å². The molecule has 14 heteroatoms. The van der Waals surface area contributed by atoms with Gasteiger partial charge in [-0.25, -0.2) is 0 Å². The van der Waals surface area contributed by atoms with Gasteiger partial charge in [-0.3, -0.25) is 9.13 Å². The Hall–Kier alpha value is -13.0. The molecule has 0 N–H and O–H groups in total. The van der Waals surface area contributed by atoms with Crippen LogP contribution in [0.4, 0.5) is 0 Å². The van der Waals surface area contributed by atoms with Crippen molar-refractivity contribution in [1.29, 1.82) is 0 Å². The van der Waals surface area contributed by atoms with Gasteiger partial charge in [-0.15, -0.1) is 0 Å². The van der Waals surface area contributed by atoms with Crippen LogP contribution in [0.1, 0.15) is 89.0 Å². The van der Waals surface area contributed by atoms with Crippen LogP contribution in [0.25, 0.3) is 56.7 Å². The number of ether oxygens (including phenoxy) is 8. The van der Waals surface area contributed by atoms with Gasteiger partial charge in [0.15, 0.2) is 0 Å². The van der Waals surface area contributed by atoms with E-state index in [-0.39, 0.29) is 20.0 Å². The highest BCUT2D eigenvalue weighted by atomic mass is 31.2. The van der Waals surface area contributed by atoms with Crippen LogP contribution in [0.5, 0.6) is 69.0 Å². The van der Waals surface area contributed by atoms with Crippen LogP contribution in [0, 0.1) is 69.2 Å². The second kappa shape index (κ2) is 33.1. The largest absolute Gasteiger partial charge is 0.489 e. The van der Waals surface area contributed by atoms with Crippen LogP contribution in [0.3, 0.4) is 0 Å². The quantitative estimate of drug-likeness (QED) is 0.0378. The molecule has 2 aliphatic rings. The fraction of sp³-hybridized carbons (Fsp3) is 0.146. The fourth-order valence-corrected chi connectivity index (χ4v) is 20.4.